The standard InChI is InChI=1S/C14H19NO4S/c1-9-13(17)15(6-7-16)14(20-9)10-4-5-11(18-2)12(8-10)19-3/h4-5,8-9,14,16H,6-7H2,1-3H3/t9-,14+/m1/s1. The summed E-state index contributed by atoms with van der Waals surface area (Å²) in [6, 6.07) is 5.64. The van der Waals surface area contributed by atoms with E-state index in [4.69, 9.17) is 14.6 Å². The number of ether oxygens (including phenoxy) is 2. The van der Waals surface area contributed by atoms with Crippen LogP contribution in [0, 0.1) is 0 Å². The predicted octanol–water partition coefficient (Wildman–Crippen LogP) is 1.66. The molecule has 1 aliphatic rings. The number of carbonyl (C=O) groups excluding carboxylic acids is 1. The second-order valence-electron chi connectivity index (χ2n) is 4.50. The van der Waals surface area contributed by atoms with Crippen LogP contribution in [0.2, 0.25) is 0 Å². The van der Waals surface area contributed by atoms with Crippen molar-refractivity contribution >= 4 is 17.7 Å². The molecule has 1 aromatic carbocycles. The van der Waals surface area contributed by atoms with Crippen molar-refractivity contribution in [3.05, 3.63) is 23.8 Å². The van der Waals surface area contributed by atoms with Gasteiger partial charge in [-0.25, -0.2) is 0 Å². The third-order valence-corrected chi connectivity index (χ3v) is 4.67. The molecule has 1 fully saturated rings. The maximum Gasteiger partial charge on any atom is 0.236 e. The lowest BCUT2D eigenvalue weighted by Crippen LogP contribution is -2.32. The minimum absolute atomic E-state index is 0.0389. The van der Waals surface area contributed by atoms with Crippen LogP contribution in [-0.4, -0.2) is 48.5 Å². The molecule has 2 rings (SSSR count). The molecule has 2 atom stereocenters. The van der Waals surface area contributed by atoms with Crippen molar-refractivity contribution in [2.45, 2.75) is 17.5 Å². The van der Waals surface area contributed by atoms with Crippen LogP contribution in [0.25, 0.3) is 0 Å². The van der Waals surface area contributed by atoms with Gasteiger partial charge in [-0.3, -0.25) is 4.79 Å². The minimum Gasteiger partial charge on any atom is -0.493 e. The zero-order chi connectivity index (χ0) is 14.7. The number of nitrogens with zero attached hydrogens (tertiary/aromatic N) is 1. The monoisotopic (exact) mass is 297 g/mol. The van der Waals surface area contributed by atoms with E-state index >= 15 is 0 Å². The Bertz CT molecular complexity index is 494. The molecular weight excluding hydrogens is 278 g/mol. The normalized spacial score (nSPS) is 22.2. The number of β-amino-alcohol motifs (C(OH)–C–C–N with tert-alkyl or cyclic N) is 1. The number of methoxy groups -OCH3 is 2. The van der Waals surface area contributed by atoms with E-state index in [0.29, 0.717) is 18.0 Å². The van der Waals surface area contributed by atoms with Gasteiger partial charge in [0.25, 0.3) is 0 Å². The summed E-state index contributed by atoms with van der Waals surface area (Å²) in [5.74, 6) is 1.36. The van der Waals surface area contributed by atoms with Crippen LogP contribution in [0.3, 0.4) is 0 Å². The quantitative estimate of drug-likeness (QED) is 0.895. The zero-order valence-corrected chi connectivity index (χ0v) is 12.6. The highest BCUT2D eigenvalue weighted by atomic mass is 32.2. The van der Waals surface area contributed by atoms with Crippen LogP contribution >= 0.6 is 11.8 Å². The molecule has 0 bridgehead atoms. The summed E-state index contributed by atoms with van der Waals surface area (Å²) >= 11 is 1.58. The van der Waals surface area contributed by atoms with Gasteiger partial charge in [-0.05, 0) is 24.6 Å². The van der Waals surface area contributed by atoms with E-state index < -0.39 is 0 Å². The van der Waals surface area contributed by atoms with Gasteiger partial charge in [-0.2, -0.15) is 0 Å². The largest absolute Gasteiger partial charge is 0.493 e. The maximum atomic E-state index is 12.1. The zero-order valence-electron chi connectivity index (χ0n) is 11.8. The Balaban J connectivity index is 2.32. The van der Waals surface area contributed by atoms with Gasteiger partial charge in [0.1, 0.15) is 5.37 Å². The van der Waals surface area contributed by atoms with Gasteiger partial charge in [-0.15, -0.1) is 11.8 Å². The van der Waals surface area contributed by atoms with Crippen molar-refractivity contribution < 1.29 is 19.4 Å². The van der Waals surface area contributed by atoms with Crippen LogP contribution in [0.15, 0.2) is 18.2 Å². The molecule has 1 aromatic rings. The Morgan fingerprint density at radius 3 is 2.60 bits per heavy atom. The summed E-state index contributed by atoms with van der Waals surface area (Å²) in [6.07, 6.45) is 0. The third kappa shape index (κ3) is 2.71. The van der Waals surface area contributed by atoms with Gasteiger partial charge >= 0.3 is 0 Å². The van der Waals surface area contributed by atoms with Crippen molar-refractivity contribution in [3.8, 4) is 11.5 Å². The summed E-state index contributed by atoms with van der Waals surface area (Å²) in [6.45, 7) is 2.19. The first-order valence-corrected chi connectivity index (χ1v) is 7.35. The summed E-state index contributed by atoms with van der Waals surface area (Å²) in [5.41, 5.74) is 0.971. The fourth-order valence-corrected chi connectivity index (χ4v) is 3.57. The van der Waals surface area contributed by atoms with Crippen LogP contribution in [0.1, 0.15) is 17.9 Å². The first-order chi connectivity index (χ1) is 9.62. The van der Waals surface area contributed by atoms with E-state index in [1.165, 1.54) is 0 Å². The van der Waals surface area contributed by atoms with Crippen molar-refractivity contribution in [3.63, 3.8) is 0 Å². The van der Waals surface area contributed by atoms with Crippen LogP contribution in [-0.2, 0) is 4.79 Å². The fourth-order valence-electron chi connectivity index (χ4n) is 2.27. The highest BCUT2D eigenvalue weighted by molar-refractivity contribution is 8.01. The lowest BCUT2D eigenvalue weighted by molar-refractivity contribution is -0.130. The molecule has 0 aliphatic carbocycles. The van der Waals surface area contributed by atoms with E-state index in [1.54, 1.807) is 30.9 Å². The minimum atomic E-state index is -0.0975. The number of hydrogen-bond donors (Lipinski definition) is 1. The van der Waals surface area contributed by atoms with Crippen LogP contribution in [0.4, 0.5) is 0 Å². The Kier molecular flexibility index (Phi) is 4.77. The molecule has 0 saturated carbocycles. The average Bonchev–Trinajstić information content (AvgIpc) is 2.75. The van der Waals surface area contributed by atoms with Crippen molar-refractivity contribution in [2.24, 2.45) is 0 Å². The van der Waals surface area contributed by atoms with Crippen molar-refractivity contribution in [1.82, 2.24) is 4.90 Å². The van der Waals surface area contributed by atoms with E-state index in [2.05, 4.69) is 0 Å². The molecule has 1 aliphatic heterocycles. The molecule has 1 saturated heterocycles. The van der Waals surface area contributed by atoms with Crippen LogP contribution < -0.4 is 9.47 Å². The van der Waals surface area contributed by atoms with E-state index in [9.17, 15) is 4.79 Å². The number of aliphatic hydroxyl groups is 1. The number of hydrogen-bond acceptors (Lipinski definition) is 5. The van der Waals surface area contributed by atoms with Gasteiger partial charge in [0, 0.05) is 6.54 Å². The smallest absolute Gasteiger partial charge is 0.236 e. The van der Waals surface area contributed by atoms with E-state index in [0.717, 1.165) is 5.56 Å². The molecule has 0 radical (unpaired) electrons. The second kappa shape index (κ2) is 6.37. The number of benzene rings is 1. The number of aliphatic hydroxyl groups excluding tert-OH is 1. The lowest BCUT2D eigenvalue weighted by atomic mass is 10.1. The van der Waals surface area contributed by atoms with Gasteiger partial charge < -0.3 is 19.5 Å². The first-order valence-electron chi connectivity index (χ1n) is 6.41. The highest BCUT2D eigenvalue weighted by Crippen LogP contribution is 2.44. The molecular formula is C14H19NO4S. The number of rotatable bonds is 5. The van der Waals surface area contributed by atoms with Gasteiger partial charge in [0.15, 0.2) is 11.5 Å². The van der Waals surface area contributed by atoms with E-state index in [-0.39, 0.29) is 23.1 Å². The predicted molar refractivity (Wildman–Crippen MR) is 78.1 cm³/mol. The third-order valence-electron chi connectivity index (χ3n) is 3.28. The topological polar surface area (TPSA) is 59.0 Å². The van der Waals surface area contributed by atoms with Gasteiger partial charge in [0.05, 0.1) is 26.1 Å². The second-order valence-corrected chi connectivity index (χ2v) is 5.93. The molecule has 20 heavy (non-hydrogen) atoms. The van der Waals surface area contributed by atoms with Crippen molar-refractivity contribution in [1.29, 1.82) is 0 Å². The SMILES string of the molecule is COc1ccc([C@@H]2S[C@H](C)C(=O)N2CCO)cc1OC. The Hall–Kier alpha value is -1.40. The molecule has 1 amide bonds. The lowest BCUT2D eigenvalue weighted by Gasteiger charge is -2.23. The number of thioether (sulfide) groups is 1. The highest BCUT2D eigenvalue weighted by Gasteiger charge is 2.38. The molecule has 6 heteroatoms. The molecule has 0 aromatic heterocycles. The fraction of sp³-hybridized carbons (Fsp3) is 0.500. The molecule has 110 valence electrons. The average molecular weight is 297 g/mol. The molecule has 5 nitrogen and oxygen atoms in total. The number of carbonyl (C=O) groups is 1. The number of amides is 1. The van der Waals surface area contributed by atoms with Crippen molar-refractivity contribution in [2.75, 3.05) is 27.4 Å². The Morgan fingerprint density at radius 1 is 1.30 bits per heavy atom. The summed E-state index contributed by atoms with van der Waals surface area (Å²) in [7, 11) is 3.17. The van der Waals surface area contributed by atoms with Gasteiger partial charge in [0.2, 0.25) is 5.91 Å². The molecule has 1 N–H and O–H groups in total. The molecule has 0 spiro atoms. The molecule has 1 heterocycles. The maximum absolute atomic E-state index is 12.1. The molecule has 0 unspecified atom stereocenters. The first kappa shape index (κ1) is 15.0. The Morgan fingerprint density at radius 2 is 2.00 bits per heavy atom. The summed E-state index contributed by atoms with van der Waals surface area (Å²) in [5, 5.41) is 8.94. The van der Waals surface area contributed by atoms with Gasteiger partial charge in [-0.1, -0.05) is 6.07 Å². The Labute approximate surface area is 122 Å². The van der Waals surface area contributed by atoms with E-state index in [1.807, 2.05) is 25.1 Å². The summed E-state index contributed by atoms with van der Waals surface area (Å²) < 4.78 is 10.5. The van der Waals surface area contributed by atoms with Crippen LogP contribution in [0.5, 0.6) is 11.5 Å². The summed E-state index contributed by atoms with van der Waals surface area (Å²) in [4.78, 5) is 13.8.